The predicted molar refractivity (Wildman–Crippen MR) is 133 cm³/mol. The molecule has 0 bridgehead atoms. The Morgan fingerprint density at radius 1 is 1.15 bits per heavy atom. The summed E-state index contributed by atoms with van der Waals surface area (Å²) in [6.45, 7) is 1.20. The number of thiophene rings is 1. The first-order valence-electron chi connectivity index (χ1n) is 10.5. The highest BCUT2D eigenvalue weighted by Crippen LogP contribution is 2.30. The summed E-state index contributed by atoms with van der Waals surface area (Å²) < 4.78 is 6.03. The van der Waals surface area contributed by atoms with E-state index in [1.54, 1.807) is 19.2 Å². The normalized spacial score (nSPS) is 15.3. The lowest BCUT2D eigenvalue weighted by Crippen LogP contribution is -2.31. The second-order valence-corrected chi connectivity index (χ2v) is 9.71. The minimum atomic E-state index is -0.260. The van der Waals surface area contributed by atoms with Gasteiger partial charge in [0.05, 0.1) is 28.6 Å². The Hall–Kier alpha value is -2.84. The molecule has 8 heteroatoms. The summed E-state index contributed by atoms with van der Waals surface area (Å²) in [5, 5.41) is 2.88. The van der Waals surface area contributed by atoms with Crippen molar-refractivity contribution >= 4 is 34.5 Å². The fraction of sp³-hybridized carbons (Fsp3) is 0.240. The lowest BCUT2D eigenvalue weighted by Gasteiger charge is -2.16. The molecule has 1 unspecified atom stereocenters. The largest absolute Gasteiger partial charge is 0.497 e. The number of benzene rings is 2. The van der Waals surface area contributed by atoms with Gasteiger partial charge in [0.25, 0.3) is 5.91 Å². The average Bonchev–Trinajstić information content (AvgIpc) is 3.47. The molecule has 1 amide bonds. The standard InChI is InChI=1S/C25H26ClN3O3S/c1-29(2)15-18-8-9-19(31-3)12-21(18)16-4-6-17(7-5-16)22-13-20(32-28-22)14-27-25(30)23-10-11-24(26)33-23/h4-13,20,28H,14-15H2,1-3H3,(H,27,30). The van der Waals surface area contributed by atoms with Gasteiger partial charge in [0.1, 0.15) is 11.9 Å². The molecule has 3 aromatic rings. The van der Waals surface area contributed by atoms with Crippen LogP contribution in [0.1, 0.15) is 20.8 Å². The Kier molecular flexibility index (Phi) is 7.35. The van der Waals surface area contributed by atoms with E-state index in [1.165, 1.54) is 16.9 Å². The average molecular weight is 484 g/mol. The van der Waals surface area contributed by atoms with Crippen LogP contribution >= 0.6 is 22.9 Å². The van der Waals surface area contributed by atoms with Crippen molar-refractivity contribution < 1.29 is 14.4 Å². The zero-order valence-corrected chi connectivity index (χ0v) is 20.3. The molecule has 0 fully saturated rings. The molecule has 4 rings (SSSR count). The second kappa shape index (κ2) is 10.4. The van der Waals surface area contributed by atoms with Crippen LogP contribution in [0.3, 0.4) is 0 Å². The Morgan fingerprint density at radius 2 is 1.91 bits per heavy atom. The molecule has 33 heavy (non-hydrogen) atoms. The van der Waals surface area contributed by atoms with Crippen LogP contribution in [0.5, 0.6) is 5.75 Å². The van der Waals surface area contributed by atoms with Crippen molar-refractivity contribution in [3.05, 3.63) is 81.0 Å². The van der Waals surface area contributed by atoms with Crippen LogP contribution in [0.4, 0.5) is 0 Å². The van der Waals surface area contributed by atoms with E-state index < -0.39 is 0 Å². The molecule has 0 spiro atoms. The van der Waals surface area contributed by atoms with Gasteiger partial charge in [0, 0.05) is 6.54 Å². The predicted octanol–water partition coefficient (Wildman–Crippen LogP) is 4.81. The number of hydrogen-bond donors (Lipinski definition) is 2. The van der Waals surface area contributed by atoms with E-state index in [9.17, 15) is 4.79 Å². The fourth-order valence-corrected chi connectivity index (χ4v) is 4.58. The maximum absolute atomic E-state index is 12.2. The third-order valence-corrected chi connectivity index (χ3v) is 6.47. The topological polar surface area (TPSA) is 62.8 Å². The minimum absolute atomic E-state index is 0.159. The van der Waals surface area contributed by atoms with Crippen molar-refractivity contribution in [1.82, 2.24) is 15.7 Å². The third kappa shape index (κ3) is 5.75. The smallest absolute Gasteiger partial charge is 0.261 e. The molecular weight excluding hydrogens is 458 g/mol. The van der Waals surface area contributed by atoms with Gasteiger partial charge in [0.15, 0.2) is 0 Å². The summed E-state index contributed by atoms with van der Waals surface area (Å²) in [5.74, 6) is 0.674. The van der Waals surface area contributed by atoms with Gasteiger partial charge in [-0.1, -0.05) is 41.9 Å². The van der Waals surface area contributed by atoms with Gasteiger partial charge in [-0.25, -0.2) is 0 Å². The molecule has 2 heterocycles. The lowest BCUT2D eigenvalue weighted by molar-refractivity contribution is 0.0499. The molecule has 172 valence electrons. The summed E-state index contributed by atoms with van der Waals surface area (Å²) >= 11 is 7.15. The van der Waals surface area contributed by atoms with Crippen molar-refractivity contribution in [2.45, 2.75) is 12.6 Å². The van der Waals surface area contributed by atoms with Gasteiger partial charge in [0.2, 0.25) is 0 Å². The molecule has 1 aliphatic rings. The molecule has 6 nitrogen and oxygen atoms in total. The first kappa shape index (κ1) is 23.3. The van der Waals surface area contributed by atoms with Crippen molar-refractivity contribution in [2.75, 3.05) is 27.7 Å². The Morgan fingerprint density at radius 3 is 2.58 bits per heavy atom. The van der Waals surface area contributed by atoms with Gasteiger partial charge in [-0.05, 0) is 66.7 Å². The molecule has 1 aromatic heterocycles. The van der Waals surface area contributed by atoms with Gasteiger partial charge in [-0.3, -0.25) is 15.1 Å². The molecule has 0 aliphatic carbocycles. The summed E-state index contributed by atoms with van der Waals surface area (Å²) in [4.78, 5) is 20.6. The summed E-state index contributed by atoms with van der Waals surface area (Å²) in [7, 11) is 5.80. The van der Waals surface area contributed by atoms with Gasteiger partial charge < -0.3 is 15.0 Å². The zero-order chi connectivity index (χ0) is 23.4. The zero-order valence-electron chi connectivity index (χ0n) is 18.7. The number of rotatable bonds is 8. The SMILES string of the molecule is COc1ccc(CN(C)C)c(-c2ccc(C3=CC(CNC(=O)c4ccc(Cl)s4)ON3)cc2)c1. The maximum atomic E-state index is 12.2. The maximum Gasteiger partial charge on any atom is 0.261 e. The molecular formula is C25H26ClN3O3S. The van der Waals surface area contributed by atoms with Crippen molar-refractivity contribution in [3.8, 4) is 16.9 Å². The number of hydroxylamine groups is 1. The molecule has 0 saturated heterocycles. The molecule has 0 saturated carbocycles. The fourth-order valence-electron chi connectivity index (χ4n) is 3.62. The number of methoxy groups -OCH3 is 1. The summed E-state index contributed by atoms with van der Waals surface area (Å²) in [6.07, 6.45) is 1.71. The van der Waals surface area contributed by atoms with Crippen LogP contribution < -0.4 is 15.5 Å². The highest BCUT2D eigenvalue weighted by Gasteiger charge is 2.19. The van der Waals surface area contributed by atoms with Gasteiger partial charge in [-0.2, -0.15) is 0 Å². The summed E-state index contributed by atoms with van der Waals surface area (Å²) in [5.41, 5.74) is 8.35. The number of ether oxygens (including phenoxy) is 1. The molecule has 1 aliphatic heterocycles. The molecule has 2 aromatic carbocycles. The first-order chi connectivity index (χ1) is 15.9. The van der Waals surface area contributed by atoms with Crippen LogP contribution in [0.2, 0.25) is 4.34 Å². The minimum Gasteiger partial charge on any atom is -0.497 e. The van der Waals surface area contributed by atoms with Crippen LogP contribution in [-0.2, 0) is 11.4 Å². The number of nitrogens with zero attached hydrogens (tertiary/aromatic N) is 1. The molecule has 0 radical (unpaired) electrons. The van der Waals surface area contributed by atoms with E-state index in [1.807, 2.05) is 12.1 Å². The monoisotopic (exact) mass is 483 g/mol. The van der Waals surface area contributed by atoms with Crippen LogP contribution in [0.25, 0.3) is 16.8 Å². The van der Waals surface area contributed by atoms with E-state index in [0.717, 1.165) is 34.7 Å². The van der Waals surface area contributed by atoms with Crippen LogP contribution in [0.15, 0.2) is 60.7 Å². The summed E-state index contributed by atoms with van der Waals surface area (Å²) in [6, 6.07) is 17.9. The third-order valence-electron chi connectivity index (χ3n) is 5.24. The van der Waals surface area contributed by atoms with Gasteiger partial charge in [-0.15, -0.1) is 11.3 Å². The van der Waals surface area contributed by atoms with E-state index >= 15 is 0 Å². The molecule has 1 atom stereocenters. The van der Waals surface area contributed by atoms with E-state index in [4.69, 9.17) is 21.2 Å². The Bertz CT molecular complexity index is 1160. The van der Waals surface area contributed by atoms with E-state index in [-0.39, 0.29) is 12.0 Å². The number of amides is 1. The Labute approximate surface area is 202 Å². The number of nitrogens with one attached hydrogen (secondary N) is 2. The van der Waals surface area contributed by atoms with Crippen LogP contribution in [-0.4, -0.2) is 44.7 Å². The number of halogens is 1. The van der Waals surface area contributed by atoms with Crippen molar-refractivity contribution in [2.24, 2.45) is 0 Å². The number of hydrogen-bond acceptors (Lipinski definition) is 6. The van der Waals surface area contributed by atoms with E-state index in [2.05, 4.69) is 66.2 Å². The first-order valence-corrected chi connectivity index (χ1v) is 11.7. The Balaban J connectivity index is 1.45. The molecule has 2 N–H and O–H groups in total. The number of carbonyl (C=O) groups excluding carboxylic acids is 1. The van der Waals surface area contributed by atoms with Crippen LogP contribution in [0, 0.1) is 0 Å². The quantitative estimate of drug-likeness (QED) is 0.481. The second-order valence-electron chi connectivity index (χ2n) is 7.99. The van der Waals surface area contributed by atoms with Crippen molar-refractivity contribution in [3.63, 3.8) is 0 Å². The van der Waals surface area contributed by atoms with Crippen molar-refractivity contribution in [1.29, 1.82) is 0 Å². The lowest BCUT2D eigenvalue weighted by atomic mass is 9.97. The van der Waals surface area contributed by atoms with E-state index in [0.29, 0.717) is 15.8 Å². The number of carbonyl (C=O) groups is 1. The van der Waals surface area contributed by atoms with Gasteiger partial charge >= 0.3 is 0 Å². The highest BCUT2D eigenvalue weighted by atomic mass is 35.5. The highest BCUT2D eigenvalue weighted by molar-refractivity contribution is 7.18.